The van der Waals surface area contributed by atoms with Gasteiger partial charge in [0.1, 0.15) is 0 Å². The molecule has 1 rings (SSSR count). The van der Waals surface area contributed by atoms with Gasteiger partial charge in [-0.05, 0) is 12.1 Å². The van der Waals surface area contributed by atoms with Crippen LogP contribution in [0, 0.1) is 0 Å². The van der Waals surface area contributed by atoms with Crippen LogP contribution in [0.2, 0.25) is 0 Å². The van der Waals surface area contributed by atoms with Gasteiger partial charge in [-0.2, -0.15) is 0 Å². The molecule has 60 valence electrons. The monoisotopic (exact) mass is 173 g/mol. The molecule has 1 amide bonds. The van der Waals surface area contributed by atoms with Crippen molar-refractivity contribution in [2.45, 2.75) is 13.3 Å². The van der Waals surface area contributed by atoms with Gasteiger partial charge in [0.15, 0.2) is 0 Å². The van der Waals surface area contributed by atoms with Crippen LogP contribution < -0.4 is 5.32 Å². The van der Waals surface area contributed by atoms with E-state index in [1.165, 1.54) is 0 Å². The molecule has 0 aliphatic heterocycles. The Morgan fingerprint density at radius 3 is 2.42 bits per heavy atom. The number of amides is 1. The van der Waals surface area contributed by atoms with Crippen LogP contribution in [0.1, 0.15) is 13.3 Å². The topological polar surface area (TPSA) is 29.1 Å². The van der Waals surface area contributed by atoms with E-state index in [9.17, 15) is 4.79 Å². The molecule has 0 fully saturated rings. The first-order valence-electron chi connectivity index (χ1n) is 3.68. The van der Waals surface area contributed by atoms with E-state index >= 15 is 0 Å². The van der Waals surface area contributed by atoms with Gasteiger partial charge in [-0.25, -0.2) is 0 Å². The number of carbonyl (C=O) groups excluding carboxylic acids is 1. The SMILES string of the molecule is CCC(=O)Nc1ccccc1.[NaH]. The molecule has 0 saturated carbocycles. The van der Waals surface area contributed by atoms with Gasteiger partial charge in [-0.1, -0.05) is 25.1 Å². The van der Waals surface area contributed by atoms with Crippen LogP contribution in [-0.2, 0) is 4.79 Å². The fourth-order valence-electron chi connectivity index (χ4n) is 0.771. The van der Waals surface area contributed by atoms with Crippen LogP contribution in [0.3, 0.4) is 0 Å². The second kappa shape index (κ2) is 6.23. The fourth-order valence-corrected chi connectivity index (χ4v) is 0.771. The minimum absolute atomic E-state index is 0. The minimum atomic E-state index is 0. The standard InChI is InChI=1S/C9H11NO.Na.H/c1-2-9(11)10-8-6-4-3-5-7-8;;/h3-7H,2H2,1H3,(H,10,11);;. The summed E-state index contributed by atoms with van der Waals surface area (Å²) < 4.78 is 0. The maximum absolute atomic E-state index is 10.9. The van der Waals surface area contributed by atoms with Crippen molar-refractivity contribution < 1.29 is 4.79 Å². The van der Waals surface area contributed by atoms with Crippen molar-refractivity contribution in [3.63, 3.8) is 0 Å². The number of nitrogens with one attached hydrogen (secondary N) is 1. The van der Waals surface area contributed by atoms with Crippen molar-refractivity contribution in [2.75, 3.05) is 5.32 Å². The third-order valence-electron chi connectivity index (χ3n) is 1.38. The van der Waals surface area contributed by atoms with E-state index in [1.807, 2.05) is 37.3 Å². The van der Waals surface area contributed by atoms with Gasteiger partial charge in [0.2, 0.25) is 5.91 Å². The van der Waals surface area contributed by atoms with Gasteiger partial charge in [-0.15, -0.1) is 0 Å². The second-order valence-corrected chi connectivity index (χ2v) is 2.27. The number of rotatable bonds is 2. The van der Waals surface area contributed by atoms with Crippen LogP contribution in [0.15, 0.2) is 30.3 Å². The molecule has 0 saturated heterocycles. The molecule has 3 heteroatoms. The van der Waals surface area contributed by atoms with E-state index in [4.69, 9.17) is 0 Å². The summed E-state index contributed by atoms with van der Waals surface area (Å²) in [6.07, 6.45) is 0.523. The molecule has 0 bridgehead atoms. The van der Waals surface area contributed by atoms with Crippen LogP contribution >= 0.6 is 0 Å². The summed E-state index contributed by atoms with van der Waals surface area (Å²) in [6, 6.07) is 9.44. The van der Waals surface area contributed by atoms with E-state index in [0.717, 1.165) is 5.69 Å². The van der Waals surface area contributed by atoms with Gasteiger partial charge in [-0.3, -0.25) is 4.79 Å². The van der Waals surface area contributed by atoms with Crippen molar-refractivity contribution in [1.29, 1.82) is 0 Å². The molecule has 0 aliphatic rings. The van der Waals surface area contributed by atoms with Crippen LogP contribution in [0.5, 0.6) is 0 Å². The van der Waals surface area contributed by atoms with Gasteiger partial charge in [0.25, 0.3) is 0 Å². The Morgan fingerprint density at radius 2 is 1.92 bits per heavy atom. The first-order chi connectivity index (χ1) is 5.33. The van der Waals surface area contributed by atoms with E-state index in [-0.39, 0.29) is 35.5 Å². The molecule has 0 spiro atoms. The Kier molecular flexibility index (Phi) is 6.07. The second-order valence-electron chi connectivity index (χ2n) is 2.27. The van der Waals surface area contributed by atoms with E-state index in [0.29, 0.717) is 6.42 Å². The molecule has 12 heavy (non-hydrogen) atoms. The molecule has 0 radical (unpaired) electrons. The zero-order valence-electron chi connectivity index (χ0n) is 6.50. The molecule has 2 nitrogen and oxygen atoms in total. The summed E-state index contributed by atoms with van der Waals surface area (Å²) in [5.74, 6) is 0.0520. The Morgan fingerprint density at radius 1 is 1.33 bits per heavy atom. The Balaban J connectivity index is 0.00000121. The van der Waals surface area contributed by atoms with E-state index in [2.05, 4.69) is 5.32 Å². The molecule has 0 aliphatic carbocycles. The zero-order valence-corrected chi connectivity index (χ0v) is 6.50. The summed E-state index contributed by atoms with van der Waals surface area (Å²) in [4.78, 5) is 10.9. The predicted octanol–water partition coefficient (Wildman–Crippen LogP) is 1.39. The number of carbonyl (C=O) groups is 1. The first-order valence-corrected chi connectivity index (χ1v) is 3.68. The first kappa shape index (κ1) is 11.7. The molecular formula is C9H12NNaO. The van der Waals surface area contributed by atoms with Crippen molar-refractivity contribution in [2.24, 2.45) is 0 Å². The van der Waals surface area contributed by atoms with Crippen molar-refractivity contribution in [1.82, 2.24) is 0 Å². The maximum atomic E-state index is 10.9. The number of benzene rings is 1. The van der Waals surface area contributed by atoms with Gasteiger partial charge >= 0.3 is 29.6 Å². The molecule has 0 atom stereocenters. The number of hydrogen-bond acceptors (Lipinski definition) is 1. The van der Waals surface area contributed by atoms with Crippen molar-refractivity contribution in [3.05, 3.63) is 30.3 Å². The normalized spacial score (nSPS) is 8.42. The third kappa shape index (κ3) is 3.90. The summed E-state index contributed by atoms with van der Waals surface area (Å²) in [6.45, 7) is 1.83. The van der Waals surface area contributed by atoms with E-state index in [1.54, 1.807) is 0 Å². The number of anilines is 1. The molecule has 1 aromatic rings. The van der Waals surface area contributed by atoms with Crippen molar-refractivity contribution in [3.8, 4) is 0 Å². The molecule has 0 unspecified atom stereocenters. The molecule has 1 aromatic carbocycles. The Labute approximate surface area is 94.7 Å². The molecule has 1 N–H and O–H groups in total. The van der Waals surface area contributed by atoms with Crippen LogP contribution in [0.25, 0.3) is 0 Å². The van der Waals surface area contributed by atoms with Gasteiger partial charge in [0.05, 0.1) is 0 Å². The van der Waals surface area contributed by atoms with Crippen LogP contribution in [0.4, 0.5) is 5.69 Å². The Bertz CT molecular complexity index is 236. The van der Waals surface area contributed by atoms with E-state index < -0.39 is 0 Å². The molecule has 0 aromatic heterocycles. The predicted molar refractivity (Wildman–Crippen MR) is 52.5 cm³/mol. The third-order valence-corrected chi connectivity index (χ3v) is 1.38. The molecule has 0 heterocycles. The van der Waals surface area contributed by atoms with Gasteiger partial charge in [0, 0.05) is 12.1 Å². The quantitative estimate of drug-likeness (QED) is 0.673. The summed E-state index contributed by atoms with van der Waals surface area (Å²) in [5, 5.41) is 2.75. The zero-order chi connectivity index (χ0) is 8.10. The number of hydrogen-bond donors (Lipinski definition) is 1. The molecular weight excluding hydrogens is 161 g/mol. The average molecular weight is 173 g/mol. The summed E-state index contributed by atoms with van der Waals surface area (Å²) >= 11 is 0. The summed E-state index contributed by atoms with van der Waals surface area (Å²) in [7, 11) is 0. The van der Waals surface area contributed by atoms with Crippen molar-refractivity contribution >= 4 is 41.2 Å². The average Bonchev–Trinajstić information content (AvgIpc) is 2.06. The number of para-hydroxylation sites is 1. The fraction of sp³-hybridized carbons (Fsp3) is 0.222. The van der Waals surface area contributed by atoms with Crippen LogP contribution in [-0.4, -0.2) is 35.5 Å². The Hall–Kier alpha value is -0.310. The summed E-state index contributed by atoms with van der Waals surface area (Å²) in [5.41, 5.74) is 0.861. The van der Waals surface area contributed by atoms with Gasteiger partial charge < -0.3 is 5.32 Å².